The summed E-state index contributed by atoms with van der Waals surface area (Å²) in [5, 5.41) is 7.91. The Morgan fingerprint density at radius 1 is 1.22 bits per heavy atom. The molecular weight excluding hydrogens is 428 g/mol. The molecule has 166 valence electrons. The molecule has 0 fully saturated rings. The number of ether oxygens (including phenoxy) is 1. The predicted molar refractivity (Wildman–Crippen MR) is 123 cm³/mol. The zero-order chi connectivity index (χ0) is 22.7. The number of urea groups is 1. The minimum Gasteiger partial charge on any atom is -0.497 e. The summed E-state index contributed by atoms with van der Waals surface area (Å²) >= 11 is 6.08. The van der Waals surface area contributed by atoms with Gasteiger partial charge >= 0.3 is 6.03 Å². The Hall–Kier alpha value is -3.32. The fourth-order valence-electron chi connectivity index (χ4n) is 3.76. The first-order chi connectivity index (χ1) is 15.5. The summed E-state index contributed by atoms with van der Waals surface area (Å²) in [6, 6.07) is 14.3. The van der Waals surface area contributed by atoms with Gasteiger partial charge in [-0.2, -0.15) is 4.98 Å². The number of halogens is 1. The van der Waals surface area contributed by atoms with Crippen LogP contribution < -0.4 is 10.1 Å². The molecule has 1 unspecified atom stereocenters. The molecular formula is C24H25ClN4O3. The monoisotopic (exact) mass is 452 g/mol. The number of unbranched alkanes of at least 4 members (excludes halogenated alkanes) is 1. The maximum absolute atomic E-state index is 12.9. The van der Waals surface area contributed by atoms with Crippen molar-refractivity contribution in [2.45, 2.75) is 32.7 Å². The fraction of sp³-hybridized carbons (Fsp3) is 0.292. The lowest BCUT2D eigenvalue weighted by Crippen LogP contribution is -2.46. The van der Waals surface area contributed by atoms with Crippen molar-refractivity contribution in [1.29, 1.82) is 0 Å². The van der Waals surface area contributed by atoms with Gasteiger partial charge in [-0.15, -0.1) is 0 Å². The molecule has 1 aliphatic rings. The maximum atomic E-state index is 12.9. The number of carbonyl (C=O) groups is 1. The summed E-state index contributed by atoms with van der Waals surface area (Å²) in [7, 11) is 1.61. The van der Waals surface area contributed by atoms with Crippen LogP contribution in [-0.4, -0.2) is 34.7 Å². The van der Waals surface area contributed by atoms with E-state index in [9.17, 15) is 4.79 Å². The number of rotatable bonds is 7. The van der Waals surface area contributed by atoms with Crippen molar-refractivity contribution < 1.29 is 14.1 Å². The van der Waals surface area contributed by atoms with Crippen LogP contribution in [0.4, 0.5) is 4.79 Å². The highest BCUT2D eigenvalue weighted by molar-refractivity contribution is 6.30. The molecule has 0 bridgehead atoms. The summed E-state index contributed by atoms with van der Waals surface area (Å²) < 4.78 is 11.0. The number of amides is 2. The predicted octanol–water partition coefficient (Wildman–Crippen LogP) is 5.70. The van der Waals surface area contributed by atoms with Crippen molar-refractivity contribution in [3.8, 4) is 17.1 Å². The second-order valence-corrected chi connectivity index (χ2v) is 8.03. The highest BCUT2D eigenvalue weighted by Gasteiger charge is 2.35. The Labute approximate surface area is 192 Å². The molecule has 4 rings (SSSR count). The molecule has 0 radical (unpaired) electrons. The molecule has 2 heterocycles. The van der Waals surface area contributed by atoms with Crippen LogP contribution in [0.2, 0.25) is 5.02 Å². The van der Waals surface area contributed by atoms with Crippen LogP contribution in [-0.2, 0) is 0 Å². The molecule has 0 saturated carbocycles. The molecule has 3 aromatic rings. The highest BCUT2D eigenvalue weighted by Crippen LogP contribution is 2.37. The van der Waals surface area contributed by atoms with E-state index in [0.717, 1.165) is 35.2 Å². The fourth-order valence-corrected chi connectivity index (χ4v) is 3.89. The summed E-state index contributed by atoms with van der Waals surface area (Å²) in [5.74, 6) is 1.52. The Balaban J connectivity index is 1.79. The third kappa shape index (κ3) is 4.34. The lowest BCUT2D eigenvalue weighted by Gasteiger charge is -2.35. The maximum Gasteiger partial charge on any atom is 0.322 e. The van der Waals surface area contributed by atoms with Gasteiger partial charge in [0.25, 0.3) is 5.89 Å². The molecule has 2 aromatic carbocycles. The van der Waals surface area contributed by atoms with Gasteiger partial charge in [-0.1, -0.05) is 54.4 Å². The average Bonchev–Trinajstić information content (AvgIpc) is 3.29. The van der Waals surface area contributed by atoms with Crippen LogP contribution in [0, 0.1) is 0 Å². The molecule has 32 heavy (non-hydrogen) atoms. The Bertz CT molecular complexity index is 1140. The third-order valence-electron chi connectivity index (χ3n) is 5.52. The number of benzene rings is 2. The molecule has 8 heteroatoms. The van der Waals surface area contributed by atoms with Crippen LogP contribution in [0.1, 0.15) is 44.2 Å². The zero-order valence-electron chi connectivity index (χ0n) is 18.3. The smallest absolute Gasteiger partial charge is 0.322 e. The van der Waals surface area contributed by atoms with Gasteiger partial charge < -0.3 is 14.6 Å². The number of carbonyl (C=O) groups excluding carboxylic acids is 1. The Morgan fingerprint density at radius 3 is 2.72 bits per heavy atom. The van der Waals surface area contributed by atoms with Crippen molar-refractivity contribution in [1.82, 2.24) is 20.4 Å². The number of nitrogens with zero attached hydrogens (tertiary/aromatic N) is 3. The highest BCUT2D eigenvalue weighted by atomic mass is 35.5. The largest absolute Gasteiger partial charge is 0.497 e. The van der Waals surface area contributed by atoms with Crippen molar-refractivity contribution in [3.63, 3.8) is 0 Å². The number of hydrogen-bond acceptors (Lipinski definition) is 5. The van der Waals surface area contributed by atoms with Crippen LogP contribution >= 0.6 is 11.6 Å². The SMILES string of the molecule is CCCCN1C(=O)NC(c2ccc(Cl)cc2)C(c2nc(-c3cccc(OC)c3)no2)=C1C. The summed E-state index contributed by atoms with van der Waals surface area (Å²) in [6.07, 6.45) is 1.87. The molecule has 1 aromatic heterocycles. The number of hydrogen-bond donors (Lipinski definition) is 1. The lowest BCUT2D eigenvalue weighted by molar-refractivity contribution is 0.204. The number of methoxy groups -OCH3 is 1. The molecule has 0 spiro atoms. The van der Waals surface area contributed by atoms with Crippen LogP contribution in [0.5, 0.6) is 5.75 Å². The van der Waals surface area contributed by atoms with E-state index in [1.165, 1.54) is 0 Å². The first-order valence-corrected chi connectivity index (χ1v) is 10.9. The van der Waals surface area contributed by atoms with Gasteiger partial charge in [0.2, 0.25) is 5.82 Å². The number of nitrogens with one attached hydrogen (secondary N) is 1. The van der Waals surface area contributed by atoms with Gasteiger partial charge in [-0.25, -0.2) is 4.79 Å². The Morgan fingerprint density at radius 2 is 2.00 bits per heavy atom. The van der Waals surface area contributed by atoms with E-state index >= 15 is 0 Å². The zero-order valence-corrected chi connectivity index (χ0v) is 19.0. The Kier molecular flexibility index (Phi) is 6.46. The first kappa shape index (κ1) is 21.9. The summed E-state index contributed by atoms with van der Waals surface area (Å²) in [6.45, 7) is 4.63. The van der Waals surface area contributed by atoms with E-state index in [1.807, 2.05) is 43.3 Å². The van der Waals surface area contributed by atoms with E-state index < -0.39 is 6.04 Å². The van der Waals surface area contributed by atoms with E-state index in [1.54, 1.807) is 24.1 Å². The summed E-state index contributed by atoms with van der Waals surface area (Å²) in [5.41, 5.74) is 3.23. The van der Waals surface area contributed by atoms with Gasteiger partial charge in [-0.05, 0) is 43.2 Å². The quantitative estimate of drug-likeness (QED) is 0.497. The molecule has 1 atom stereocenters. The van der Waals surface area contributed by atoms with Gasteiger partial charge in [-0.3, -0.25) is 4.90 Å². The van der Waals surface area contributed by atoms with Gasteiger partial charge in [0.1, 0.15) is 5.75 Å². The minimum absolute atomic E-state index is 0.146. The van der Waals surface area contributed by atoms with E-state index in [2.05, 4.69) is 22.4 Å². The van der Waals surface area contributed by atoms with Crippen molar-refractivity contribution >= 4 is 23.2 Å². The van der Waals surface area contributed by atoms with Crippen molar-refractivity contribution in [2.75, 3.05) is 13.7 Å². The summed E-state index contributed by atoms with van der Waals surface area (Å²) in [4.78, 5) is 19.3. The second-order valence-electron chi connectivity index (χ2n) is 7.59. The normalized spacial score (nSPS) is 16.3. The van der Waals surface area contributed by atoms with Crippen LogP contribution in [0.15, 0.2) is 58.8 Å². The molecule has 1 N–H and O–H groups in total. The van der Waals surface area contributed by atoms with Gasteiger partial charge in [0.15, 0.2) is 0 Å². The van der Waals surface area contributed by atoms with E-state index in [-0.39, 0.29) is 6.03 Å². The van der Waals surface area contributed by atoms with Crippen molar-refractivity contribution in [3.05, 3.63) is 70.7 Å². The molecule has 1 aliphatic heterocycles. The van der Waals surface area contributed by atoms with E-state index in [0.29, 0.717) is 29.0 Å². The molecule has 0 saturated heterocycles. The molecule has 7 nitrogen and oxygen atoms in total. The average molecular weight is 453 g/mol. The van der Waals surface area contributed by atoms with Gasteiger partial charge in [0.05, 0.1) is 18.7 Å². The minimum atomic E-state index is -0.434. The van der Waals surface area contributed by atoms with Gasteiger partial charge in [0, 0.05) is 22.8 Å². The van der Waals surface area contributed by atoms with E-state index in [4.69, 9.17) is 20.9 Å². The first-order valence-electron chi connectivity index (χ1n) is 10.5. The molecule has 0 aliphatic carbocycles. The van der Waals surface area contributed by atoms with Crippen LogP contribution in [0.3, 0.4) is 0 Å². The topological polar surface area (TPSA) is 80.5 Å². The number of aromatic nitrogens is 2. The molecule has 2 amide bonds. The third-order valence-corrected chi connectivity index (χ3v) is 5.77. The lowest BCUT2D eigenvalue weighted by atomic mass is 9.94. The van der Waals surface area contributed by atoms with Crippen molar-refractivity contribution in [2.24, 2.45) is 0 Å². The van der Waals surface area contributed by atoms with Crippen LogP contribution in [0.25, 0.3) is 17.0 Å². The standard InChI is InChI=1S/C24H25ClN4O3/c1-4-5-13-29-15(2)20(21(26-24(29)30)16-9-11-18(25)12-10-16)23-27-22(28-32-23)17-7-6-8-19(14-17)31-3/h6-12,14,21H,4-5,13H2,1-3H3,(H,26,30). The number of allylic oxidation sites excluding steroid dienone is 1. The second kappa shape index (κ2) is 9.44.